The highest BCUT2D eigenvalue weighted by Gasteiger charge is 2.35. The van der Waals surface area contributed by atoms with Crippen LogP contribution in [0.1, 0.15) is 29.9 Å². The van der Waals surface area contributed by atoms with Crippen molar-refractivity contribution in [1.29, 1.82) is 0 Å². The molecule has 0 aliphatic heterocycles. The van der Waals surface area contributed by atoms with E-state index in [1.807, 2.05) is 6.92 Å². The van der Waals surface area contributed by atoms with E-state index in [0.29, 0.717) is 5.76 Å². The average molecular weight is 268 g/mol. The summed E-state index contributed by atoms with van der Waals surface area (Å²) in [5, 5.41) is 16.6. The number of ether oxygens (including phenoxy) is 1. The van der Waals surface area contributed by atoms with Crippen molar-refractivity contribution in [2.24, 2.45) is 0 Å². The van der Waals surface area contributed by atoms with Crippen molar-refractivity contribution in [3.8, 4) is 0 Å². The van der Waals surface area contributed by atoms with Gasteiger partial charge in [-0.3, -0.25) is 4.79 Å². The number of methoxy groups -OCH3 is 1. The number of aliphatic hydroxyl groups excluding tert-OH is 1. The van der Waals surface area contributed by atoms with Crippen LogP contribution in [0, 0.1) is 13.8 Å². The van der Waals surface area contributed by atoms with Gasteiger partial charge in [0, 0.05) is 12.7 Å². The number of carbonyl (C=O) groups excluding carboxylic acids is 1. The van der Waals surface area contributed by atoms with Crippen LogP contribution in [0.15, 0.2) is 4.52 Å². The van der Waals surface area contributed by atoms with E-state index in [4.69, 9.17) is 9.26 Å². The quantitative estimate of drug-likeness (QED) is 0.830. The maximum absolute atomic E-state index is 12.0. The molecule has 0 aromatic carbocycles. The highest BCUT2D eigenvalue weighted by atomic mass is 16.5. The fourth-order valence-corrected chi connectivity index (χ4v) is 2.53. The van der Waals surface area contributed by atoms with Gasteiger partial charge in [-0.15, -0.1) is 0 Å². The van der Waals surface area contributed by atoms with Crippen LogP contribution in [-0.4, -0.2) is 41.5 Å². The van der Waals surface area contributed by atoms with Crippen molar-refractivity contribution in [1.82, 2.24) is 10.5 Å². The maximum Gasteiger partial charge on any atom is 0.224 e. The molecule has 6 heteroatoms. The van der Waals surface area contributed by atoms with Crippen LogP contribution in [0.5, 0.6) is 0 Å². The molecule has 1 aromatic heterocycles. The van der Waals surface area contributed by atoms with Crippen molar-refractivity contribution < 1.29 is 19.2 Å². The lowest BCUT2D eigenvalue weighted by atomic mass is 10.1. The number of nitrogens with one attached hydrogen (secondary N) is 1. The van der Waals surface area contributed by atoms with Gasteiger partial charge in [-0.25, -0.2) is 0 Å². The van der Waals surface area contributed by atoms with Crippen LogP contribution in [0.3, 0.4) is 0 Å². The van der Waals surface area contributed by atoms with E-state index < -0.39 is 6.10 Å². The third-order valence-corrected chi connectivity index (χ3v) is 3.72. The van der Waals surface area contributed by atoms with Crippen LogP contribution in [0.2, 0.25) is 0 Å². The Bertz CT molecular complexity index is 438. The van der Waals surface area contributed by atoms with Crippen LogP contribution in [0.25, 0.3) is 0 Å². The summed E-state index contributed by atoms with van der Waals surface area (Å²) >= 11 is 0. The molecule has 6 nitrogen and oxygen atoms in total. The van der Waals surface area contributed by atoms with Crippen molar-refractivity contribution in [2.45, 2.75) is 51.4 Å². The first-order valence-electron chi connectivity index (χ1n) is 6.45. The molecule has 1 saturated carbocycles. The van der Waals surface area contributed by atoms with E-state index in [0.717, 1.165) is 24.1 Å². The fourth-order valence-electron chi connectivity index (χ4n) is 2.53. The molecule has 0 unspecified atom stereocenters. The standard InChI is InChI=1S/C13H20N2O4/c1-7-9(8(2)19-15-7)6-12(16)14-10-4-5-11(18-3)13(10)17/h10-11,13,17H,4-6H2,1-3H3,(H,14,16)/t10-,11-,13-/m1/s1. The van der Waals surface area contributed by atoms with Gasteiger partial charge < -0.3 is 19.7 Å². The predicted molar refractivity (Wildman–Crippen MR) is 67.6 cm³/mol. The molecule has 2 rings (SSSR count). The normalized spacial score (nSPS) is 26.6. The molecule has 0 saturated heterocycles. The van der Waals surface area contributed by atoms with Crippen molar-refractivity contribution in [2.75, 3.05) is 7.11 Å². The zero-order chi connectivity index (χ0) is 14.0. The molecular weight excluding hydrogens is 248 g/mol. The molecule has 2 N–H and O–H groups in total. The molecule has 1 amide bonds. The summed E-state index contributed by atoms with van der Waals surface area (Å²) in [5.41, 5.74) is 1.54. The molecule has 1 heterocycles. The highest BCUT2D eigenvalue weighted by Crippen LogP contribution is 2.22. The second-order valence-corrected chi connectivity index (χ2v) is 5.00. The highest BCUT2D eigenvalue weighted by molar-refractivity contribution is 5.79. The van der Waals surface area contributed by atoms with Crippen molar-refractivity contribution >= 4 is 5.91 Å². The Kier molecular flexibility index (Phi) is 4.21. The third kappa shape index (κ3) is 2.96. The lowest BCUT2D eigenvalue weighted by Crippen LogP contribution is -2.44. The number of aryl methyl sites for hydroxylation is 2. The Morgan fingerprint density at radius 3 is 2.79 bits per heavy atom. The Morgan fingerprint density at radius 1 is 1.53 bits per heavy atom. The second-order valence-electron chi connectivity index (χ2n) is 5.00. The summed E-state index contributed by atoms with van der Waals surface area (Å²) < 4.78 is 10.2. The molecule has 1 aromatic rings. The summed E-state index contributed by atoms with van der Waals surface area (Å²) in [7, 11) is 1.57. The van der Waals surface area contributed by atoms with Crippen molar-refractivity contribution in [3.05, 3.63) is 17.0 Å². The molecule has 3 atom stereocenters. The van der Waals surface area contributed by atoms with Gasteiger partial charge in [0.2, 0.25) is 5.91 Å². The van der Waals surface area contributed by atoms with E-state index in [2.05, 4.69) is 10.5 Å². The largest absolute Gasteiger partial charge is 0.388 e. The van der Waals surface area contributed by atoms with Gasteiger partial charge in [0.15, 0.2) is 0 Å². The van der Waals surface area contributed by atoms with E-state index in [9.17, 15) is 9.90 Å². The summed E-state index contributed by atoms with van der Waals surface area (Å²) in [5.74, 6) is 0.532. The van der Waals surface area contributed by atoms with Gasteiger partial charge in [0.25, 0.3) is 0 Å². The first-order chi connectivity index (χ1) is 9.02. The Balaban J connectivity index is 1.92. The number of nitrogens with zero attached hydrogens (tertiary/aromatic N) is 1. The van der Waals surface area contributed by atoms with E-state index in [1.165, 1.54) is 0 Å². The molecule has 0 spiro atoms. The number of hydrogen-bond acceptors (Lipinski definition) is 5. The minimum atomic E-state index is -0.640. The fraction of sp³-hybridized carbons (Fsp3) is 0.692. The monoisotopic (exact) mass is 268 g/mol. The Morgan fingerprint density at radius 2 is 2.26 bits per heavy atom. The summed E-state index contributed by atoms with van der Waals surface area (Å²) in [6.07, 6.45) is 0.881. The first-order valence-corrected chi connectivity index (χ1v) is 6.45. The molecule has 106 valence electrons. The summed E-state index contributed by atoms with van der Waals surface area (Å²) in [6.45, 7) is 3.60. The minimum absolute atomic E-state index is 0.129. The summed E-state index contributed by atoms with van der Waals surface area (Å²) in [4.78, 5) is 12.0. The molecule has 1 fully saturated rings. The van der Waals surface area contributed by atoms with Gasteiger partial charge in [-0.2, -0.15) is 0 Å². The van der Waals surface area contributed by atoms with E-state index in [-0.39, 0.29) is 24.5 Å². The first kappa shape index (κ1) is 14.0. The third-order valence-electron chi connectivity index (χ3n) is 3.72. The van der Waals surface area contributed by atoms with Gasteiger partial charge >= 0.3 is 0 Å². The SMILES string of the molecule is CO[C@@H]1CC[C@@H](NC(=O)Cc2c(C)noc2C)[C@H]1O. The van der Waals surface area contributed by atoms with E-state index in [1.54, 1.807) is 14.0 Å². The number of aliphatic hydroxyl groups is 1. The van der Waals surface area contributed by atoms with E-state index >= 15 is 0 Å². The maximum atomic E-state index is 12.0. The molecule has 1 aliphatic carbocycles. The number of carbonyl (C=O) groups is 1. The Labute approximate surface area is 112 Å². The zero-order valence-corrected chi connectivity index (χ0v) is 11.5. The van der Waals surface area contributed by atoms with Crippen molar-refractivity contribution in [3.63, 3.8) is 0 Å². The van der Waals surface area contributed by atoms with Gasteiger partial charge in [-0.05, 0) is 26.7 Å². The van der Waals surface area contributed by atoms with Gasteiger partial charge in [-0.1, -0.05) is 5.16 Å². The lowest BCUT2D eigenvalue weighted by molar-refractivity contribution is -0.122. The smallest absolute Gasteiger partial charge is 0.224 e. The second kappa shape index (κ2) is 5.71. The average Bonchev–Trinajstić information content (AvgIpc) is 2.87. The van der Waals surface area contributed by atoms with Crippen LogP contribution in [0.4, 0.5) is 0 Å². The number of aromatic nitrogens is 1. The number of hydrogen-bond donors (Lipinski definition) is 2. The zero-order valence-electron chi connectivity index (χ0n) is 11.5. The topological polar surface area (TPSA) is 84.6 Å². The van der Waals surface area contributed by atoms with Crippen LogP contribution >= 0.6 is 0 Å². The number of rotatable bonds is 4. The van der Waals surface area contributed by atoms with Crippen LogP contribution in [-0.2, 0) is 16.0 Å². The predicted octanol–water partition coefficient (Wildman–Crippen LogP) is 0.488. The van der Waals surface area contributed by atoms with Gasteiger partial charge in [0.1, 0.15) is 11.9 Å². The molecule has 0 bridgehead atoms. The molecular formula is C13H20N2O4. The number of amides is 1. The summed E-state index contributed by atoms with van der Waals surface area (Å²) in [6, 6.07) is -0.238. The lowest BCUT2D eigenvalue weighted by Gasteiger charge is -2.19. The molecule has 0 radical (unpaired) electrons. The molecule has 19 heavy (non-hydrogen) atoms. The molecule has 1 aliphatic rings. The van der Waals surface area contributed by atoms with Crippen LogP contribution < -0.4 is 5.32 Å². The Hall–Kier alpha value is -1.40. The van der Waals surface area contributed by atoms with Gasteiger partial charge in [0.05, 0.1) is 24.3 Å². The minimum Gasteiger partial charge on any atom is -0.388 e.